The Balaban J connectivity index is 3.56. The molecule has 0 bridgehead atoms. The molecule has 0 aromatic carbocycles. The maximum absolute atomic E-state index is 8.60. The predicted octanol–water partition coefficient (Wildman–Crippen LogP) is 2.35. The van der Waals surface area contributed by atoms with Gasteiger partial charge in [0.25, 0.3) is 0 Å². The van der Waals surface area contributed by atoms with Gasteiger partial charge in [0.15, 0.2) is 0 Å². The van der Waals surface area contributed by atoms with Crippen molar-refractivity contribution in [1.82, 2.24) is 0 Å². The number of aliphatic hydroxyl groups excluding tert-OH is 1. The monoisotopic (exact) mass is 174 g/mol. The van der Waals surface area contributed by atoms with Crippen LogP contribution in [0.25, 0.3) is 0 Å². The first-order valence-corrected chi connectivity index (χ1v) is 4.76. The first-order chi connectivity index (χ1) is 5.48. The summed E-state index contributed by atoms with van der Waals surface area (Å²) < 4.78 is 5.70. The number of hydrogen-bond acceptors (Lipinski definition) is 2. The molecule has 0 aromatic heterocycles. The summed E-state index contributed by atoms with van der Waals surface area (Å²) in [6.07, 6.45) is 3.22. The molecule has 0 aliphatic carbocycles. The lowest BCUT2D eigenvalue weighted by Gasteiger charge is -2.27. The second-order valence-electron chi connectivity index (χ2n) is 4.11. The van der Waals surface area contributed by atoms with Gasteiger partial charge in [0.2, 0.25) is 0 Å². The predicted molar refractivity (Wildman–Crippen MR) is 51.2 cm³/mol. The van der Waals surface area contributed by atoms with Crippen molar-refractivity contribution in [3.63, 3.8) is 0 Å². The lowest BCUT2D eigenvalue weighted by atomic mass is 10.0. The van der Waals surface area contributed by atoms with Gasteiger partial charge in [-0.1, -0.05) is 0 Å². The minimum atomic E-state index is -0.0384. The Hall–Kier alpha value is -0.0800. The van der Waals surface area contributed by atoms with Gasteiger partial charge in [-0.15, -0.1) is 0 Å². The number of hydrogen-bond donors (Lipinski definition) is 1. The fourth-order valence-corrected chi connectivity index (χ4v) is 1.36. The zero-order valence-corrected chi connectivity index (χ0v) is 8.76. The van der Waals surface area contributed by atoms with E-state index in [2.05, 4.69) is 13.8 Å². The minimum absolute atomic E-state index is 0.0384. The second-order valence-corrected chi connectivity index (χ2v) is 4.11. The Labute approximate surface area is 75.9 Å². The standard InChI is InChI=1S/C10H22O2/c1-9(2)12-10(3,4)7-5-6-8-11/h9,11H,5-8H2,1-4H3. The van der Waals surface area contributed by atoms with Crippen molar-refractivity contribution in [2.45, 2.75) is 58.7 Å². The smallest absolute Gasteiger partial charge is 0.0630 e. The Morgan fingerprint density at radius 3 is 2.25 bits per heavy atom. The SMILES string of the molecule is CC(C)OC(C)(C)CCCCO. The maximum Gasteiger partial charge on any atom is 0.0630 e. The highest BCUT2D eigenvalue weighted by atomic mass is 16.5. The molecule has 0 spiro atoms. The highest BCUT2D eigenvalue weighted by Gasteiger charge is 2.18. The van der Waals surface area contributed by atoms with Crippen LogP contribution in [0, 0.1) is 0 Å². The van der Waals surface area contributed by atoms with E-state index < -0.39 is 0 Å². The fourth-order valence-electron chi connectivity index (χ4n) is 1.36. The van der Waals surface area contributed by atoms with Crippen molar-refractivity contribution in [3.05, 3.63) is 0 Å². The molecule has 0 fully saturated rings. The Kier molecular flexibility index (Phi) is 5.51. The molecule has 2 heteroatoms. The van der Waals surface area contributed by atoms with Crippen LogP contribution in [0.15, 0.2) is 0 Å². The van der Waals surface area contributed by atoms with Crippen LogP contribution in [0.5, 0.6) is 0 Å². The van der Waals surface area contributed by atoms with Crippen LogP contribution in [0.3, 0.4) is 0 Å². The van der Waals surface area contributed by atoms with Crippen molar-refractivity contribution < 1.29 is 9.84 Å². The normalized spacial score (nSPS) is 12.5. The Bertz CT molecular complexity index is 108. The van der Waals surface area contributed by atoms with E-state index in [1.54, 1.807) is 0 Å². The lowest BCUT2D eigenvalue weighted by molar-refractivity contribution is -0.0617. The van der Waals surface area contributed by atoms with Crippen LogP contribution in [0.2, 0.25) is 0 Å². The third-order valence-corrected chi connectivity index (χ3v) is 1.74. The van der Waals surface area contributed by atoms with Crippen molar-refractivity contribution in [2.24, 2.45) is 0 Å². The van der Waals surface area contributed by atoms with Crippen LogP contribution in [-0.4, -0.2) is 23.4 Å². The summed E-state index contributed by atoms with van der Waals surface area (Å²) in [4.78, 5) is 0. The van der Waals surface area contributed by atoms with Crippen molar-refractivity contribution in [3.8, 4) is 0 Å². The minimum Gasteiger partial charge on any atom is -0.396 e. The van der Waals surface area contributed by atoms with Crippen LogP contribution < -0.4 is 0 Å². The Morgan fingerprint density at radius 2 is 1.83 bits per heavy atom. The van der Waals surface area contributed by atoms with E-state index in [1.165, 1.54) is 0 Å². The molecular weight excluding hydrogens is 152 g/mol. The largest absolute Gasteiger partial charge is 0.396 e. The summed E-state index contributed by atoms with van der Waals surface area (Å²) in [7, 11) is 0. The number of aliphatic hydroxyl groups is 1. The second kappa shape index (κ2) is 5.55. The molecule has 0 radical (unpaired) electrons. The van der Waals surface area contributed by atoms with Gasteiger partial charge in [0.1, 0.15) is 0 Å². The quantitative estimate of drug-likeness (QED) is 0.626. The first kappa shape index (κ1) is 11.9. The number of unbranched alkanes of at least 4 members (excludes halogenated alkanes) is 1. The fraction of sp³-hybridized carbons (Fsp3) is 1.00. The van der Waals surface area contributed by atoms with Crippen LogP contribution in [-0.2, 0) is 4.74 Å². The molecule has 0 aliphatic rings. The van der Waals surface area contributed by atoms with Crippen LogP contribution in [0.4, 0.5) is 0 Å². The third-order valence-electron chi connectivity index (χ3n) is 1.74. The van der Waals surface area contributed by atoms with E-state index in [4.69, 9.17) is 9.84 Å². The summed E-state index contributed by atoms with van der Waals surface area (Å²) in [6.45, 7) is 8.59. The first-order valence-electron chi connectivity index (χ1n) is 4.76. The van der Waals surface area contributed by atoms with Gasteiger partial charge in [0.05, 0.1) is 11.7 Å². The molecule has 0 rings (SSSR count). The van der Waals surface area contributed by atoms with Crippen molar-refractivity contribution in [1.29, 1.82) is 0 Å². The van der Waals surface area contributed by atoms with Crippen molar-refractivity contribution in [2.75, 3.05) is 6.61 Å². The van der Waals surface area contributed by atoms with E-state index in [0.29, 0.717) is 0 Å². The van der Waals surface area contributed by atoms with Gasteiger partial charge in [-0.2, -0.15) is 0 Å². The average molecular weight is 174 g/mol. The summed E-state index contributed by atoms with van der Waals surface area (Å²) in [5, 5.41) is 8.60. The molecule has 12 heavy (non-hydrogen) atoms. The molecule has 0 atom stereocenters. The highest BCUT2D eigenvalue weighted by Crippen LogP contribution is 2.19. The summed E-state index contributed by atoms with van der Waals surface area (Å²) in [6, 6.07) is 0. The third kappa shape index (κ3) is 6.62. The van der Waals surface area contributed by atoms with Gasteiger partial charge in [-0.25, -0.2) is 0 Å². The zero-order valence-electron chi connectivity index (χ0n) is 8.76. The number of rotatable bonds is 6. The summed E-state index contributed by atoms with van der Waals surface area (Å²) >= 11 is 0. The van der Waals surface area contributed by atoms with E-state index in [-0.39, 0.29) is 18.3 Å². The topological polar surface area (TPSA) is 29.5 Å². The van der Waals surface area contributed by atoms with Gasteiger partial charge < -0.3 is 9.84 Å². The van der Waals surface area contributed by atoms with E-state index in [9.17, 15) is 0 Å². The molecule has 0 unspecified atom stereocenters. The van der Waals surface area contributed by atoms with Gasteiger partial charge in [-0.3, -0.25) is 0 Å². The molecular formula is C10H22O2. The molecule has 2 nitrogen and oxygen atoms in total. The summed E-state index contributed by atoms with van der Waals surface area (Å²) in [5.41, 5.74) is -0.0384. The van der Waals surface area contributed by atoms with Crippen molar-refractivity contribution >= 4 is 0 Å². The van der Waals surface area contributed by atoms with Gasteiger partial charge >= 0.3 is 0 Å². The average Bonchev–Trinajstić information content (AvgIpc) is 1.84. The molecule has 74 valence electrons. The Morgan fingerprint density at radius 1 is 1.25 bits per heavy atom. The molecule has 0 aromatic rings. The van der Waals surface area contributed by atoms with Gasteiger partial charge in [-0.05, 0) is 47.0 Å². The van der Waals surface area contributed by atoms with E-state index in [1.807, 2.05) is 13.8 Å². The molecule has 0 aliphatic heterocycles. The highest BCUT2D eigenvalue weighted by molar-refractivity contribution is 4.69. The molecule has 0 amide bonds. The molecule has 0 saturated carbocycles. The van der Waals surface area contributed by atoms with Crippen LogP contribution in [0.1, 0.15) is 47.0 Å². The van der Waals surface area contributed by atoms with Crippen LogP contribution >= 0.6 is 0 Å². The molecule has 0 saturated heterocycles. The summed E-state index contributed by atoms with van der Waals surface area (Å²) in [5.74, 6) is 0. The number of ether oxygens (including phenoxy) is 1. The van der Waals surface area contributed by atoms with E-state index >= 15 is 0 Å². The lowest BCUT2D eigenvalue weighted by Crippen LogP contribution is -2.27. The zero-order chi connectivity index (χ0) is 9.61. The van der Waals surface area contributed by atoms with Gasteiger partial charge in [0, 0.05) is 6.61 Å². The maximum atomic E-state index is 8.60. The van der Waals surface area contributed by atoms with E-state index in [0.717, 1.165) is 19.3 Å². The molecule has 1 N–H and O–H groups in total. The molecule has 0 heterocycles.